The van der Waals surface area contributed by atoms with Crippen molar-refractivity contribution in [3.05, 3.63) is 27.9 Å². The molecule has 1 fully saturated rings. The Kier molecular flexibility index (Phi) is 4.54. The zero-order valence-electron chi connectivity index (χ0n) is 12.2. The molecule has 0 bridgehead atoms. The first kappa shape index (κ1) is 14.7. The van der Waals surface area contributed by atoms with E-state index in [1.807, 2.05) is 6.92 Å². The summed E-state index contributed by atoms with van der Waals surface area (Å²) in [5, 5.41) is 10.7. The Morgan fingerprint density at radius 1 is 1.50 bits per heavy atom. The zero-order chi connectivity index (χ0) is 14.7. The molecule has 0 radical (unpaired) electrons. The largest absolute Gasteiger partial charge is 0.381 e. The molecule has 1 unspecified atom stereocenters. The summed E-state index contributed by atoms with van der Waals surface area (Å²) >= 11 is 0. The highest BCUT2D eigenvalue weighted by Crippen LogP contribution is 2.28. The molecule has 6 nitrogen and oxygen atoms in total. The molecule has 0 amide bonds. The van der Waals surface area contributed by atoms with Gasteiger partial charge in [-0.15, -0.1) is 0 Å². The normalized spacial score (nSPS) is 18.1. The van der Waals surface area contributed by atoms with Gasteiger partial charge in [-0.25, -0.2) is 4.98 Å². The van der Waals surface area contributed by atoms with E-state index in [-0.39, 0.29) is 11.8 Å². The van der Waals surface area contributed by atoms with Gasteiger partial charge in [0, 0.05) is 26.3 Å². The lowest BCUT2D eigenvalue weighted by atomic mass is 9.92. The summed E-state index contributed by atoms with van der Waals surface area (Å²) in [6.45, 7) is 5.82. The molecule has 1 aromatic heterocycles. The lowest BCUT2D eigenvalue weighted by Gasteiger charge is -2.35. The molecule has 1 aliphatic rings. The Morgan fingerprint density at radius 2 is 2.15 bits per heavy atom. The van der Waals surface area contributed by atoms with E-state index >= 15 is 0 Å². The van der Waals surface area contributed by atoms with Crippen molar-refractivity contribution >= 4 is 11.5 Å². The highest BCUT2D eigenvalue weighted by atomic mass is 16.6. The summed E-state index contributed by atoms with van der Waals surface area (Å²) in [6.07, 6.45) is 3.75. The van der Waals surface area contributed by atoms with Gasteiger partial charge in [-0.05, 0) is 38.2 Å². The summed E-state index contributed by atoms with van der Waals surface area (Å²) in [4.78, 5) is 16.8. The maximum atomic E-state index is 10.7. The van der Waals surface area contributed by atoms with Crippen molar-refractivity contribution in [1.29, 1.82) is 0 Å². The first-order valence-corrected chi connectivity index (χ1v) is 6.91. The van der Waals surface area contributed by atoms with Crippen molar-refractivity contribution in [3.8, 4) is 0 Å². The smallest absolute Gasteiger partial charge is 0.287 e. The number of methoxy groups -OCH3 is 1. The number of aromatic nitrogens is 1. The Balaban J connectivity index is 2.05. The van der Waals surface area contributed by atoms with Crippen molar-refractivity contribution in [2.24, 2.45) is 5.92 Å². The molecule has 1 aliphatic heterocycles. The number of anilines is 1. The van der Waals surface area contributed by atoms with Crippen molar-refractivity contribution in [2.45, 2.75) is 32.8 Å². The second-order valence-electron chi connectivity index (χ2n) is 5.36. The SMILES string of the molecule is COC(C)C1CCN(c2ncc([N+](=O)[O-])cc2C)CC1. The van der Waals surface area contributed by atoms with Crippen LogP contribution in [0, 0.1) is 23.0 Å². The third kappa shape index (κ3) is 3.07. The van der Waals surface area contributed by atoms with E-state index in [4.69, 9.17) is 4.74 Å². The number of aryl methyl sites for hydroxylation is 1. The molecule has 2 rings (SSSR count). The molecule has 1 atom stereocenters. The molecule has 0 saturated carbocycles. The first-order valence-electron chi connectivity index (χ1n) is 6.91. The van der Waals surface area contributed by atoms with Gasteiger partial charge in [-0.1, -0.05) is 0 Å². The maximum Gasteiger partial charge on any atom is 0.287 e. The lowest BCUT2D eigenvalue weighted by Crippen LogP contribution is -2.38. The molecule has 0 aliphatic carbocycles. The van der Waals surface area contributed by atoms with Crippen LogP contribution in [-0.4, -0.2) is 36.2 Å². The van der Waals surface area contributed by atoms with E-state index in [1.165, 1.54) is 6.20 Å². The van der Waals surface area contributed by atoms with Crippen molar-refractivity contribution in [1.82, 2.24) is 4.98 Å². The van der Waals surface area contributed by atoms with Crippen LogP contribution in [-0.2, 0) is 4.74 Å². The Hall–Kier alpha value is -1.69. The minimum atomic E-state index is -0.406. The van der Waals surface area contributed by atoms with Gasteiger partial charge in [0.2, 0.25) is 0 Å². The average Bonchev–Trinajstić information content (AvgIpc) is 2.46. The second kappa shape index (κ2) is 6.17. The number of nitro groups is 1. The molecule has 0 spiro atoms. The predicted octanol–water partition coefficient (Wildman–Crippen LogP) is 2.55. The standard InChI is InChI=1S/C14H21N3O3/c1-10-8-13(17(18)19)9-15-14(10)16-6-4-12(5-7-16)11(2)20-3/h8-9,11-12H,4-7H2,1-3H3. The number of hydrogen-bond acceptors (Lipinski definition) is 5. The summed E-state index contributed by atoms with van der Waals surface area (Å²) in [7, 11) is 1.75. The van der Waals surface area contributed by atoms with Crippen LogP contribution in [0.2, 0.25) is 0 Å². The van der Waals surface area contributed by atoms with Crippen molar-refractivity contribution in [3.63, 3.8) is 0 Å². The Morgan fingerprint density at radius 3 is 2.65 bits per heavy atom. The second-order valence-corrected chi connectivity index (χ2v) is 5.36. The van der Waals surface area contributed by atoms with E-state index in [2.05, 4.69) is 16.8 Å². The molecule has 0 N–H and O–H groups in total. The van der Waals surface area contributed by atoms with E-state index in [9.17, 15) is 10.1 Å². The summed E-state index contributed by atoms with van der Waals surface area (Å²) in [6, 6.07) is 1.59. The molecule has 2 heterocycles. The van der Waals surface area contributed by atoms with Crippen LogP contribution in [0.5, 0.6) is 0 Å². The van der Waals surface area contributed by atoms with Gasteiger partial charge >= 0.3 is 0 Å². The third-order valence-electron chi connectivity index (χ3n) is 4.12. The number of ether oxygens (including phenoxy) is 1. The predicted molar refractivity (Wildman–Crippen MR) is 77.0 cm³/mol. The van der Waals surface area contributed by atoms with E-state index in [1.54, 1.807) is 13.2 Å². The third-order valence-corrected chi connectivity index (χ3v) is 4.12. The summed E-state index contributed by atoms with van der Waals surface area (Å²) in [5.41, 5.74) is 0.909. The van der Waals surface area contributed by atoms with Gasteiger partial charge in [-0.3, -0.25) is 10.1 Å². The van der Waals surface area contributed by atoms with E-state index in [0.717, 1.165) is 37.3 Å². The van der Waals surface area contributed by atoms with Gasteiger partial charge in [0.15, 0.2) is 0 Å². The molecule has 1 saturated heterocycles. The van der Waals surface area contributed by atoms with Crippen LogP contribution in [0.1, 0.15) is 25.3 Å². The fourth-order valence-corrected chi connectivity index (χ4v) is 2.76. The van der Waals surface area contributed by atoms with Gasteiger partial charge in [0.25, 0.3) is 5.69 Å². The highest BCUT2D eigenvalue weighted by Gasteiger charge is 2.25. The summed E-state index contributed by atoms with van der Waals surface area (Å²) in [5.74, 6) is 1.44. The first-order chi connectivity index (χ1) is 9.52. The molecular formula is C14H21N3O3. The number of rotatable bonds is 4. The summed E-state index contributed by atoms with van der Waals surface area (Å²) < 4.78 is 5.39. The fraction of sp³-hybridized carbons (Fsp3) is 0.643. The van der Waals surface area contributed by atoms with Crippen LogP contribution >= 0.6 is 0 Å². The topological polar surface area (TPSA) is 68.5 Å². The quantitative estimate of drug-likeness (QED) is 0.626. The highest BCUT2D eigenvalue weighted by molar-refractivity contribution is 5.50. The number of hydrogen-bond donors (Lipinski definition) is 0. The van der Waals surface area contributed by atoms with Crippen LogP contribution in [0.25, 0.3) is 0 Å². The number of pyridine rings is 1. The van der Waals surface area contributed by atoms with Crippen LogP contribution < -0.4 is 4.90 Å². The van der Waals surface area contributed by atoms with Gasteiger partial charge in [0.1, 0.15) is 12.0 Å². The molecule has 20 heavy (non-hydrogen) atoms. The zero-order valence-corrected chi connectivity index (χ0v) is 12.2. The van der Waals surface area contributed by atoms with Crippen LogP contribution in [0.3, 0.4) is 0 Å². The lowest BCUT2D eigenvalue weighted by molar-refractivity contribution is -0.385. The minimum absolute atomic E-state index is 0.0501. The molecule has 110 valence electrons. The van der Waals surface area contributed by atoms with E-state index < -0.39 is 4.92 Å². The van der Waals surface area contributed by atoms with Gasteiger partial charge in [-0.2, -0.15) is 0 Å². The molecule has 6 heteroatoms. The van der Waals surface area contributed by atoms with Crippen molar-refractivity contribution in [2.75, 3.05) is 25.1 Å². The monoisotopic (exact) mass is 279 g/mol. The van der Waals surface area contributed by atoms with Crippen LogP contribution in [0.4, 0.5) is 11.5 Å². The van der Waals surface area contributed by atoms with Gasteiger partial charge in [0.05, 0.1) is 11.0 Å². The number of piperidine rings is 1. The van der Waals surface area contributed by atoms with Crippen LogP contribution in [0.15, 0.2) is 12.3 Å². The molecule has 0 aromatic carbocycles. The van der Waals surface area contributed by atoms with Crippen molar-refractivity contribution < 1.29 is 9.66 Å². The van der Waals surface area contributed by atoms with E-state index in [0.29, 0.717) is 5.92 Å². The fourth-order valence-electron chi connectivity index (χ4n) is 2.76. The molecular weight excluding hydrogens is 258 g/mol. The minimum Gasteiger partial charge on any atom is -0.381 e. The maximum absolute atomic E-state index is 10.7. The average molecular weight is 279 g/mol. The van der Waals surface area contributed by atoms with Gasteiger partial charge < -0.3 is 9.64 Å². The molecule has 1 aromatic rings. The Bertz CT molecular complexity index is 485. The number of nitrogens with zero attached hydrogens (tertiary/aromatic N) is 3. The Labute approximate surface area is 118 Å².